The van der Waals surface area contributed by atoms with E-state index in [1.54, 1.807) is 6.20 Å². The molecule has 1 heterocycles. The van der Waals surface area contributed by atoms with E-state index in [9.17, 15) is 0 Å². The summed E-state index contributed by atoms with van der Waals surface area (Å²) in [7, 11) is 0. The number of hydrogen-bond acceptors (Lipinski definition) is 2. The Morgan fingerprint density at radius 1 is 0.862 bits per heavy atom. The fraction of sp³-hybridized carbons (Fsp3) is 0.556. The van der Waals surface area contributed by atoms with E-state index in [-0.39, 0.29) is 0 Å². The Hall–Kier alpha value is -2.14. The minimum atomic E-state index is 0.608. The molecule has 1 aliphatic carbocycles. The Morgan fingerprint density at radius 3 is 2.17 bits per heavy atom. The van der Waals surface area contributed by atoms with Crippen molar-refractivity contribution in [3.8, 4) is 17.3 Å². The zero-order valence-electron chi connectivity index (χ0n) is 18.1. The Labute approximate surface area is 177 Å². The largest absolute Gasteiger partial charge is 0.255 e. The summed E-state index contributed by atoms with van der Waals surface area (Å²) in [6.07, 6.45) is 18.5. The minimum absolute atomic E-state index is 0.608. The van der Waals surface area contributed by atoms with Gasteiger partial charge in [0.05, 0.1) is 11.3 Å². The second-order valence-electron chi connectivity index (χ2n) is 8.87. The maximum Gasteiger partial charge on any atom is 0.101 e. The van der Waals surface area contributed by atoms with Gasteiger partial charge < -0.3 is 0 Å². The van der Waals surface area contributed by atoms with Crippen LogP contribution in [0, 0.1) is 23.2 Å². The molecule has 0 amide bonds. The molecule has 0 unspecified atom stereocenters. The van der Waals surface area contributed by atoms with Gasteiger partial charge in [0.2, 0.25) is 0 Å². The highest BCUT2D eigenvalue weighted by Crippen LogP contribution is 2.34. The van der Waals surface area contributed by atoms with Crippen LogP contribution in [0.1, 0.15) is 88.7 Å². The van der Waals surface area contributed by atoms with Gasteiger partial charge in [-0.15, -0.1) is 0 Å². The Balaban J connectivity index is 1.37. The van der Waals surface area contributed by atoms with Crippen molar-refractivity contribution in [1.29, 1.82) is 5.26 Å². The molecular weight excluding hydrogens is 352 g/mol. The standard InChI is InChI=1S/C27H36N2/c1-2-3-4-5-6-7-22-8-10-23(11-9-22)12-13-24-14-17-26(18-15-24)27-19-16-25(20-28)21-29-27/h14-19,21-23H,2-13H2,1H3. The zero-order chi connectivity index (χ0) is 20.3. The first-order valence-electron chi connectivity index (χ1n) is 11.7. The number of unbranched alkanes of at least 4 members (excludes halogenated alkanes) is 4. The highest BCUT2D eigenvalue weighted by molar-refractivity contribution is 5.59. The topological polar surface area (TPSA) is 36.7 Å². The van der Waals surface area contributed by atoms with Gasteiger partial charge in [-0.25, -0.2) is 0 Å². The molecule has 0 atom stereocenters. The second-order valence-corrected chi connectivity index (χ2v) is 8.87. The number of nitriles is 1. The van der Waals surface area contributed by atoms with E-state index in [1.807, 2.05) is 12.1 Å². The van der Waals surface area contributed by atoms with E-state index in [4.69, 9.17) is 5.26 Å². The van der Waals surface area contributed by atoms with Crippen LogP contribution in [-0.2, 0) is 6.42 Å². The summed E-state index contributed by atoms with van der Waals surface area (Å²) in [6, 6.07) is 14.7. The molecule has 0 radical (unpaired) electrons. The number of pyridine rings is 1. The average Bonchev–Trinajstić information content (AvgIpc) is 2.79. The van der Waals surface area contributed by atoms with Crippen molar-refractivity contribution in [2.24, 2.45) is 11.8 Å². The summed E-state index contributed by atoms with van der Waals surface area (Å²) >= 11 is 0. The van der Waals surface area contributed by atoms with E-state index < -0.39 is 0 Å². The van der Waals surface area contributed by atoms with Crippen molar-refractivity contribution in [3.05, 3.63) is 53.7 Å². The molecule has 2 nitrogen and oxygen atoms in total. The summed E-state index contributed by atoms with van der Waals surface area (Å²) in [5.74, 6) is 1.93. The first-order chi connectivity index (χ1) is 14.3. The lowest BCUT2D eigenvalue weighted by Gasteiger charge is -2.28. The lowest BCUT2D eigenvalue weighted by Crippen LogP contribution is -2.15. The molecule has 0 N–H and O–H groups in total. The van der Waals surface area contributed by atoms with Crippen molar-refractivity contribution in [3.63, 3.8) is 0 Å². The molecule has 1 saturated carbocycles. The van der Waals surface area contributed by atoms with Gasteiger partial charge in [0.1, 0.15) is 6.07 Å². The molecule has 2 heteroatoms. The van der Waals surface area contributed by atoms with E-state index in [1.165, 1.54) is 82.6 Å². The monoisotopic (exact) mass is 388 g/mol. The number of hydrogen-bond donors (Lipinski definition) is 0. The lowest BCUT2D eigenvalue weighted by molar-refractivity contribution is 0.248. The highest BCUT2D eigenvalue weighted by atomic mass is 14.7. The van der Waals surface area contributed by atoms with E-state index in [0.717, 1.165) is 23.1 Å². The predicted octanol–water partition coefficient (Wildman–Crippen LogP) is 7.72. The maximum atomic E-state index is 8.89. The smallest absolute Gasteiger partial charge is 0.101 e. The van der Waals surface area contributed by atoms with Crippen LogP contribution < -0.4 is 0 Å². The number of rotatable bonds is 10. The maximum absolute atomic E-state index is 8.89. The van der Waals surface area contributed by atoms with Gasteiger partial charge in [0, 0.05) is 11.8 Å². The third kappa shape index (κ3) is 7.00. The van der Waals surface area contributed by atoms with Crippen LogP contribution in [0.5, 0.6) is 0 Å². The zero-order valence-corrected chi connectivity index (χ0v) is 18.1. The molecule has 1 fully saturated rings. The van der Waals surface area contributed by atoms with Gasteiger partial charge >= 0.3 is 0 Å². The molecule has 2 aromatic rings. The molecule has 0 aliphatic heterocycles. The summed E-state index contributed by atoms with van der Waals surface area (Å²) in [5.41, 5.74) is 4.10. The quantitative estimate of drug-likeness (QED) is 0.391. The van der Waals surface area contributed by atoms with Gasteiger partial charge in [0.15, 0.2) is 0 Å². The molecule has 0 spiro atoms. The van der Waals surface area contributed by atoms with E-state index >= 15 is 0 Å². The number of aromatic nitrogens is 1. The van der Waals surface area contributed by atoms with Crippen LogP contribution in [0.15, 0.2) is 42.6 Å². The van der Waals surface area contributed by atoms with Crippen molar-refractivity contribution in [2.45, 2.75) is 84.0 Å². The van der Waals surface area contributed by atoms with Crippen LogP contribution in [0.2, 0.25) is 0 Å². The third-order valence-electron chi connectivity index (χ3n) is 6.67. The van der Waals surface area contributed by atoms with Gasteiger partial charge in [-0.3, -0.25) is 4.98 Å². The molecule has 0 bridgehead atoms. The van der Waals surface area contributed by atoms with Gasteiger partial charge in [-0.1, -0.05) is 95.4 Å². The molecule has 3 rings (SSSR count). The number of aryl methyl sites for hydroxylation is 1. The Kier molecular flexibility index (Phi) is 8.75. The van der Waals surface area contributed by atoms with Crippen LogP contribution >= 0.6 is 0 Å². The molecule has 1 aromatic heterocycles. The first kappa shape index (κ1) is 21.6. The molecule has 1 aromatic carbocycles. The van der Waals surface area contributed by atoms with Gasteiger partial charge in [-0.2, -0.15) is 5.26 Å². The number of nitrogens with zero attached hydrogens (tertiary/aromatic N) is 2. The summed E-state index contributed by atoms with van der Waals surface area (Å²) in [4.78, 5) is 4.39. The fourth-order valence-electron chi connectivity index (χ4n) is 4.69. The normalized spacial score (nSPS) is 19.0. The van der Waals surface area contributed by atoms with Gasteiger partial charge in [0.25, 0.3) is 0 Å². The van der Waals surface area contributed by atoms with E-state index in [2.05, 4.69) is 42.2 Å². The molecule has 29 heavy (non-hydrogen) atoms. The van der Waals surface area contributed by atoms with Crippen molar-refractivity contribution in [2.75, 3.05) is 0 Å². The predicted molar refractivity (Wildman–Crippen MR) is 122 cm³/mol. The third-order valence-corrected chi connectivity index (χ3v) is 6.67. The van der Waals surface area contributed by atoms with Gasteiger partial charge in [-0.05, 0) is 42.4 Å². The molecule has 0 saturated heterocycles. The summed E-state index contributed by atoms with van der Waals surface area (Å²) < 4.78 is 0. The Morgan fingerprint density at radius 2 is 1.55 bits per heavy atom. The van der Waals surface area contributed by atoms with Crippen molar-refractivity contribution < 1.29 is 0 Å². The summed E-state index contributed by atoms with van der Waals surface area (Å²) in [6.45, 7) is 2.29. The Bertz CT molecular complexity index is 747. The SMILES string of the molecule is CCCCCCCC1CCC(CCc2ccc(-c3ccc(C#N)cn3)cc2)CC1. The summed E-state index contributed by atoms with van der Waals surface area (Å²) in [5, 5.41) is 8.89. The molecule has 154 valence electrons. The molecular formula is C27H36N2. The minimum Gasteiger partial charge on any atom is -0.255 e. The second kappa shape index (κ2) is 11.8. The number of benzene rings is 1. The van der Waals surface area contributed by atoms with Crippen LogP contribution in [0.3, 0.4) is 0 Å². The van der Waals surface area contributed by atoms with Crippen LogP contribution in [0.25, 0.3) is 11.3 Å². The fourth-order valence-corrected chi connectivity index (χ4v) is 4.69. The average molecular weight is 389 g/mol. The molecule has 1 aliphatic rings. The lowest BCUT2D eigenvalue weighted by atomic mass is 9.77. The van der Waals surface area contributed by atoms with E-state index in [0.29, 0.717) is 5.56 Å². The van der Waals surface area contributed by atoms with Crippen LogP contribution in [0.4, 0.5) is 0 Å². The van der Waals surface area contributed by atoms with Crippen molar-refractivity contribution in [1.82, 2.24) is 4.98 Å². The van der Waals surface area contributed by atoms with Crippen LogP contribution in [-0.4, -0.2) is 4.98 Å². The first-order valence-corrected chi connectivity index (χ1v) is 11.7. The highest BCUT2D eigenvalue weighted by Gasteiger charge is 2.20. The van der Waals surface area contributed by atoms with Crippen molar-refractivity contribution >= 4 is 0 Å².